The van der Waals surface area contributed by atoms with Gasteiger partial charge in [0.25, 0.3) is 5.56 Å². The van der Waals surface area contributed by atoms with Crippen LogP contribution in [0.1, 0.15) is 45.6 Å². The molecule has 0 aliphatic carbocycles. The maximum atomic E-state index is 12.8. The monoisotopic (exact) mass is 360 g/mol. The van der Waals surface area contributed by atoms with E-state index in [1.807, 2.05) is 6.07 Å². The Morgan fingerprint density at radius 3 is 2.77 bits per heavy atom. The van der Waals surface area contributed by atoms with E-state index in [-0.39, 0.29) is 29.8 Å². The lowest BCUT2D eigenvalue weighted by Crippen LogP contribution is -2.39. The molecule has 26 heavy (non-hydrogen) atoms. The number of nitrogens with one attached hydrogen (secondary N) is 2. The number of carboxylic acids is 1. The van der Waals surface area contributed by atoms with E-state index in [1.165, 1.54) is 4.57 Å². The molecule has 0 spiro atoms. The van der Waals surface area contributed by atoms with Gasteiger partial charge in [-0.3, -0.25) is 19.0 Å². The quantitative estimate of drug-likeness (QED) is 0.757. The number of nitrogens with zero attached hydrogens (tertiary/aromatic N) is 2. The minimum atomic E-state index is -0.964. The van der Waals surface area contributed by atoms with Crippen molar-refractivity contribution in [2.75, 3.05) is 0 Å². The molecule has 2 aromatic rings. The molecule has 3 heterocycles. The maximum Gasteiger partial charge on any atom is 0.305 e. The van der Waals surface area contributed by atoms with E-state index in [2.05, 4.69) is 36.1 Å². The second-order valence-electron chi connectivity index (χ2n) is 8.05. The van der Waals surface area contributed by atoms with E-state index in [0.29, 0.717) is 23.3 Å². The van der Waals surface area contributed by atoms with Crippen LogP contribution in [0, 0.1) is 5.92 Å². The molecular formula is C18H24N4O4. The molecule has 0 fully saturated rings. The molecule has 1 aliphatic heterocycles. The van der Waals surface area contributed by atoms with Gasteiger partial charge in [0, 0.05) is 30.1 Å². The molecule has 0 saturated heterocycles. The molecule has 0 aromatic carbocycles. The Kier molecular flexibility index (Phi) is 4.37. The molecule has 3 N–H and O–H groups in total. The van der Waals surface area contributed by atoms with Gasteiger partial charge in [0.1, 0.15) is 11.3 Å². The van der Waals surface area contributed by atoms with Crippen LogP contribution in [-0.4, -0.2) is 37.6 Å². The first-order valence-corrected chi connectivity index (χ1v) is 8.71. The number of carboxylic acid groups (broad SMARTS) is 1. The summed E-state index contributed by atoms with van der Waals surface area (Å²) in [6.45, 7) is 8.08. The van der Waals surface area contributed by atoms with Gasteiger partial charge >= 0.3 is 5.97 Å². The van der Waals surface area contributed by atoms with Crippen molar-refractivity contribution in [2.45, 2.75) is 58.5 Å². The normalized spacial score (nSPS) is 17.9. The standard InChI is InChI=1S/C18H24N4O4/c1-9(5-14(23)24)19-16(25)10-6-13-20-11-7-12(18(2,3)4)21-15(11)17(26)22(13)8-10/h7,9-10,21H,5-6,8H2,1-4H3,(H,19,25)(H,23,24)/t9-,10-/m1/s1. The summed E-state index contributed by atoms with van der Waals surface area (Å²) in [5, 5.41) is 11.5. The van der Waals surface area contributed by atoms with Gasteiger partial charge in [0.15, 0.2) is 0 Å². The molecule has 0 saturated carbocycles. The predicted octanol–water partition coefficient (Wildman–Crippen LogP) is 1.17. The largest absolute Gasteiger partial charge is 0.481 e. The molecule has 8 nitrogen and oxygen atoms in total. The summed E-state index contributed by atoms with van der Waals surface area (Å²) >= 11 is 0. The molecule has 2 aromatic heterocycles. The van der Waals surface area contributed by atoms with Crippen LogP contribution < -0.4 is 10.9 Å². The second kappa shape index (κ2) is 6.26. The van der Waals surface area contributed by atoms with E-state index in [9.17, 15) is 14.4 Å². The van der Waals surface area contributed by atoms with Crippen LogP contribution >= 0.6 is 0 Å². The number of hydrogen-bond donors (Lipinski definition) is 3. The van der Waals surface area contributed by atoms with E-state index >= 15 is 0 Å². The highest BCUT2D eigenvalue weighted by Gasteiger charge is 2.31. The van der Waals surface area contributed by atoms with Gasteiger partial charge in [-0.25, -0.2) is 4.98 Å². The molecule has 0 radical (unpaired) electrons. The van der Waals surface area contributed by atoms with Gasteiger partial charge in [-0.1, -0.05) is 20.8 Å². The van der Waals surface area contributed by atoms with Crippen LogP contribution in [0.2, 0.25) is 0 Å². The Labute approximate surface area is 150 Å². The average molecular weight is 360 g/mol. The molecule has 3 rings (SSSR count). The van der Waals surface area contributed by atoms with E-state index in [0.717, 1.165) is 5.69 Å². The van der Waals surface area contributed by atoms with Crippen LogP contribution in [0.5, 0.6) is 0 Å². The van der Waals surface area contributed by atoms with Gasteiger partial charge in [-0.2, -0.15) is 0 Å². The van der Waals surface area contributed by atoms with Crippen molar-refractivity contribution in [3.05, 3.63) is 27.9 Å². The Morgan fingerprint density at radius 1 is 1.46 bits per heavy atom. The zero-order valence-electron chi connectivity index (χ0n) is 15.4. The Hall–Kier alpha value is -2.64. The molecule has 0 unspecified atom stereocenters. The molecule has 1 amide bonds. The molecule has 0 bridgehead atoms. The van der Waals surface area contributed by atoms with Gasteiger partial charge in [-0.15, -0.1) is 0 Å². The number of H-pyrrole nitrogens is 1. The third kappa shape index (κ3) is 3.36. The molecule has 2 atom stereocenters. The van der Waals surface area contributed by atoms with Crippen molar-refractivity contribution in [3.8, 4) is 0 Å². The van der Waals surface area contributed by atoms with Crippen molar-refractivity contribution in [2.24, 2.45) is 5.92 Å². The molecular weight excluding hydrogens is 336 g/mol. The van der Waals surface area contributed by atoms with Crippen molar-refractivity contribution in [1.82, 2.24) is 19.9 Å². The Morgan fingerprint density at radius 2 is 2.15 bits per heavy atom. The second-order valence-corrected chi connectivity index (χ2v) is 8.05. The number of fused-ring (bicyclic) bond motifs is 2. The lowest BCUT2D eigenvalue weighted by atomic mass is 9.93. The number of aromatic amines is 1. The van der Waals surface area contributed by atoms with E-state index in [1.54, 1.807) is 6.92 Å². The van der Waals surface area contributed by atoms with Gasteiger partial charge in [0.05, 0.1) is 17.9 Å². The molecule has 1 aliphatic rings. The van der Waals surface area contributed by atoms with Crippen molar-refractivity contribution in [1.29, 1.82) is 0 Å². The summed E-state index contributed by atoms with van der Waals surface area (Å²) in [5.41, 5.74) is 1.73. The highest BCUT2D eigenvalue weighted by molar-refractivity contribution is 5.81. The number of aliphatic carboxylic acids is 1. The third-order valence-electron chi connectivity index (χ3n) is 4.70. The summed E-state index contributed by atoms with van der Waals surface area (Å²) in [4.78, 5) is 43.6. The number of carbonyl (C=O) groups excluding carboxylic acids is 1. The summed E-state index contributed by atoms with van der Waals surface area (Å²) in [5.74, 6) is -1.04. The van der Waals surface area contributed by atoms with Crippen LogP contribution in [0.15, 0.2) is 10.9 Å². The fraction of sp³-hybridized carbons (Fsp3) is 0.556. The van der Waals surface area contributed by atoms with Crippen LogP contribution in [0.3, 0.4) is 0 Å². The number of amides is 1. The van der Waals surface area contributed by atoms with Crippen molar-refractivity contribution in [3.63, 3.8) is 0 Å². The van der Waals surface area contributed by atoms with E-state index in [4.69, 9.17) is 5.11 Å². The smallest absolute Gasteiger partial charge is 0.305 e. The Balaban J connectivity index is 1.83. The number of carbonyl (C=O) groups is 2. The minimum absolute atomic E-state index is 0.120. The number of rotatable bonds is 4. The maximum absolute atomic E-state index is 12.8. The first-order valence-electron chi connectivity index (χ1n) is 8.71. The highest BCUT2D eigenvalue weighted by atomic mass is 16.4. The van der Waals surface area contributed by atoms with Crippen molar-refractivity contribution >= 4 is 22.9 Å². The molecule has 140 valence electrons. The van der Waals surface area contributed by atoms with Gasteiger partial charge in [-0.05, 0) is 13.0 Å². The zero-order valence-corrected chi connectivity index (χ0v) is 15.4. The topological polar surface area (TPSA) is 117 Å². The summed E-state index contributed by atoms with van der Waals surface area (Å²) in [7, 11) is 0. The van der Waals surface area contributed by atoms with Crippen LogP contribution in [0.25, 0.3) is 11.0 Å². The minimum Gasteiger partial charge on any atom is -0.481 e. The lowest BCUT2D eigenvalue weighted by molar-refractivity contribution is -0.137. The zero-order chi connectivity index (χ0) is 19.2. The fourth-order valence-corrected chi connectivity index (χ4v) is 3.25. The number of hydrogen-bond acceptors (Lipinski definition) is 4. The van der Waals surface area contributed by atoms with Crippen LogP contribution in [-0.2, 0) is 28.0 Å². The first kappa shape index (κ1) is 18.2. The summed E-state index contributed by atoms with van der Waals surface area (Å²) in [6, 6.07) is 1.43. The average Bonchev–Trinajstić information content (AvgIpc) is 3.10. The highest BCUT2D eigenvalue weighted by Crippen LogP contribution is 2.25. The molecule has 8 heteroatoms. The number of aromatic nitrogens is 3. The van der Waals surface area contributed by atoms with Gasteiger partial charge in [0.2, 0.25) is 5.91 Å². The first-order chi connectivity index (χ1) is 12.1. The van der Waals surface area contributed by atoms with Crippen LogP contribution in [0.4, 0.5) is 0 Å². The Bertz CT molecular complexity index is 935. The lowest BCUT2D eigenvalue weighted by Gasteiger charge is -2.15. The SMILES string of the molecule is C[C@H](CC(=O)O)NC(=O)[C@@H]1Cc2nc3cc(C(C)(C)C)[nH]c3c(=O)n2C1. The summed E-state index contributed by atoms with van der Waals surface area (Å²) < 4.78 is 1.54. The third-order valence-corrected chi connectivity index (χ3v) is 4.70. The van der Waals surface area contributed by atoms with E-state index < -0.39 is 17.9 Å². The fourth-order valence-electron chi connectivity index (χ4n) is 3.25. The van der Waals surface area contributed by atoms with Crippen molar-refractivity contribution < 1.29 is 14.7 Å². The predicted molar refractivity (Wildman–Crippen MR) is 96.1 cm³/mol. The van der Waals surface area contributed by atoms with Gasteiger partial charge < -0.3 is 15.4 Å². The summed E-state index contributed by atoms with van der Waals surface area (Å²) in [6.07, 6.45) is 0.231.